The van der Waals surface area contributed by atoms with Crippen molar-refractivity contribution in [3.63, 3.8) is 0 Å². The molecule has 0 aromatic carbocycles. The number of carbonyl (C=O) groups is 1. The SMILES string of the molecule is CCNC(=NCC1CCSCC1)NC1CCN(C(=O)CC)C1.I. The highest BCUT2D eigenvalue weighted by Gasteiger charge is 2.25. The maximum absolute atomic E-state index is 11.8. The summed E-state index contributed by atoms with van der Waals surface area (Å²) in [6.45, 7) is 7.48. The van der Waals surface area contributed by atoms with Crippen LogP contribution in [0.4, 0.5) is 0 Å². The van der Waals surface area contributed by atoms with Crippen molar-refractivity contribution in [2.45, 2.75) is 45.6 Å². The molecule has 0 bridgehead atoms. The lowest BCUT2D eigenvalue weighted by atomic mass is 10.0. The van der Waals surface area contributed by atoms with E-state index in [0.717, 1.165) is 44.5 Å². The van der Waals surface area contributed by atoms with Crippen molar-refractivity contribution in [1.82, 2.24) is 15.5 Å². The molecule has 0 aromatic heterocycles. The fraction of sp³-hybridized carbons (Fsp3) is 0.875. The van der Waals surface area contributed by atoms with Crippen LogP contribution < -0.4 is 10.6 Å². The van der Waals surface area contributed by atoms with Crippen molar-refractivity contribution in [2.75, 3.05) is 37.7 Å². The fourth-order valence-corrected chi connectivity index (χ4v) is 4.20. The molecule has 2 aliphatic heterocycles. The number of nitrogens with zero attached hydrogens (tertiary/aromatic N) is 2. The highest BCUT2D eigenvalue weighted by Crippen LogP contribution is 2.22. The van der Waals surface area contributed by atoms with Gasteiger partial charge in [-0.25, -0.2) is 0 Å². The average Bonchev–Trinajstić information content (AvgIpc) is 3.01. The smallest absolute Gasteiger partial charge is 0.222 e. The van der Waals surface area contributed by atoms with E-state index >= 15 is 0 Å². The van der Waals surface area contributed by atoms with Gasteiger partial charge in [-0.15, -0.1) is 24.0 Å². The van der Waals surface area contributed by atoms with E-state index in [1.807, 2.05) is 11.8 Å². The summed E-state index contributed by atoms with van der Waals surface area (Å²) in [7, 11) is 0. The molecule has 0 aromatic rings. The van der Waals surface area contributed by atoms with Gasteiger partial charge in [0.15, 0.2) is 5.96 Å². The van der Waals surface area contributed by atoms with Gasteiger partial charge < -0.3 is 15.5 Å². The summed E-state index contributed by atoms with van der Waals surface area (Å²) < 4.78 is 0. The van der Waals surface area contributed by atoms with Crippen LogP contribution in [0.15, 0.2) is 4.99 Å². The second kappa shape index (κ2) is 11.4. The topological polar surface area (TPSA) is 56.7 Å². The van der Waals surface area contributed by atoms with Gasteiger partial charge in [0.2, 0.25) is 5.91 Å². The zero-order valence-corrected chi connectivity index (χ0v) is 17.5. The van der Waals surface area contributed by atoms with Gasteiger partial charge >= 0.3 is 0 Å². The monoisotopic (exact) mass is 454 g/mol. The van der Waals surface area contributed by atoms with Gasteiger partial charge in [-0.3, -0.25) is 9.79 Å². The first-order valence-electron chi connectivity index (χ1n) is 8.63. The third-order valence-corrected chi connectivity index (χ3v) is 5.43. The highest BCUT2D eigenvalue weighted by molar-refractivity contribution is 14.0. The van der Waals surface area contributed by atoms with E-state index in [-0.39, 0.29) is 29.9 Å². The molecule has 2 heterocycles. The molecule has 0 saturated carbocycles. The van der Waals surface area contributed by atoms with E-state index in [2.05, 4.69) is 29.3 Å². The quantitative estimate of drug-likeness (QED) is 0.381. The first-order valence-corrected chi connectivity index (χ1v) is 9.78. The largest absolute Gasteiger partial charge is 0.357 e. The van der Waals surface area contributed by atoms with Crippen molar-refractivity contribution in [2.24, 2.45) is 10.9 Å². The lowest BCUT2D eigenvalue weighted by Crippen LogP contribution is -2.45. The molecule has 23 heavy (non-hydrogen) atoms. The van der Waals surface area contributed by atoms with Crippen molar-refractivity contribution in [1.29, 1.82) is 0 Å². The molecule has 2 N–H and O–H groups in total. The predicted octanol–water partition coefficient (Wildman–Crippen LogP) is 2.31. The van der Waals surface area contributed by atoms with Crippen molar-refractivity contribution >= 4 is 47.6 Å². The van der Waals surface area contributed by atoms with E-state index in [9.17, 15) is 4.79 Å². The zero-order chi connectivity index (χ0) is 15.8. The van der Waals surface area contributed by atoms with Crippen molar-refractivity contribution < 1.29 is 4.79 Å². The lowest BCUT2D eigenvalue weighted by molar-refractivity contribution is -0.129. The molecule has 5 nitrogen and oxygen atoms in total. The third-order valence-electron chi connectivity index (χ3n) is 4.38. The van der Waals surface area contributed by atoms with Gasteiger partial charge in [-0.1, -0.05) is 6.92 Å². The highest BCUT2D eigenvalue weighted by atomic mass is 127. The van der Waals surface area contributed by atoms with Gasteiger partial charge in [0, 0.05) is 38.6 Å². The minimum Gasteiger partial charge on any atom is -0.357 e. The van der Waals surface area contributed by atoms with Gasteiger partial charge in [-0.05, 0) is 43.6 Å². The molecule has 1 unspecified atom stereocenters. The lowest BCUT2D eigenvalue weighted by Gasteiger charge is -2.21. The summed E-state index contributed by atoms with van der Waals surface area (Å²) in [4.78, 5) is 18.5. The Morgan fingerprint density at radius 3 is 2.65 bits per heavy atom. The first kappa shape index (κ1) is 20.9. The second-order valence-electron chi connectivity index (χ2n) is 6.10. The number of guanidine groups is 1. The van der Waals surface area contributed by atoms with E-state index in [0.29, 0.717) is 12.5 Å². The standard InChI is InChI=1S/C16H30N4OS.HI/c1-3-15(21)20-8-5-14(12-20)19-16(17-4-2)18-11-13-6-9-22-10-7-13;/h13-14H,3-12H2,1-2H3,(H2,17,18,19);1H. The first-order chi connectivity index (χ1) is 10.7. The van der Waals surface area contributed by atoms with E-state index in [1.165, 1.54) is 24.3 Å². The number of carbonyl (C=O) groups excluding carboxylic acids is 1. The normalized spacial score (nSPS) is 22.6. The van der Waals surface area contributed by atoms with Crippen molar-refractivity contribution in [3.8, 4) is 0 Å². The van der Waals surface area contributed by atoms with Crippen LogP contribution in [0.3, 0.4) is 0 Å². The van der Waals surface area contributed by atoms with Crippen LogP contribution in [0.1, 0.15) is 39.5 Å². The molecule has 2 rings (SSSR count). The molecule has 0 spiro atoms. The minimum absolute atomic E-state index is 0. The zero-order valence-electron chi connectivity index (χ0n) is 14.3. The number of rotatable bonds is 5. The van der Waals surface area contributed by atoms with Gasteiger partial charge in [-0.2, -0.15) is 11.8 Å². The van der Waals surface area contributed by atoms with E-state index in [1.54, 1.807) is 0 Å². The van der Waals surface area contributed by atoms with Crippen LogP contribution in [0.5, 0.6) is 0 Å². The minimum atomic E-state index is 0. The van der Waals surface area contributed by atoms with Gasteiger partial charge in [0.1, 0.15) is 0 Å². The summed E-state index contributed by atoms with van der Waals surface area (Å²) in [6, 6.07) is 0.329. The van der Waals surface area contributed by atoms with Crippen LogP contribution in [-0.2, 0) is 4.79 Å². The van der Waals surface area contributed by atoms with E-state index < -0.39 is 0 Å². The molecular formula is C16H31IN4OS. The Bertz CT molecular complexity index is 388. The number of halogens is 1. The summed E-state index contributed by atoms with van der Waals surface area (Å²) in [6.07, 6.45) is 4.18. The second-order valence-corrected chi connectivity index (χ2v) is 7.32. The number of likely N-dealkylation sites (tertiary alicyclic amines) is 1. The number of aliphatic imine (C=N–C) groups is 1. The fourth-order valence-electron chi connectivity index (χ4n) is 2.99. The number of nitrogens with one attached hydrogen (secondary N) is 2. The van der Waals surface area contributed by atoms with Crippen molar-refractivity contribution in [3.05, 3.63) is 0 Å². The number of hydrogen-bond acceptors (Lipinski definition) is 3. The molecule has 1 amide bonds. The van der Waals surface area contributed by atoms with Crippen LogP contribution in [-0.4, -0.2) is 60.5 Å². The molecular weight excluding hydrogens is 423 g/mol. The Hall–Kier alpha value is -0.180. The molecule has 1 atom stereocenters. The molecule has 2 aliphatic rings. The Morgan fingerprint density at radius 1 is 1.26 bits per heavy atom. The molecule has 0 radical (unpaired) electrons. The molecule has 134 valence electrons. The number of thioether (sulfide) groups is 1. The predicted molar refractivity (Wildman–Crippen MR) is 110 cm³/mol. The summed E-state index contributed by atoms with van der Waals surface area (Å²) in [5, 5.41) is 6.84. The Balaban J connectivity index is 0.00000264. The molecule has 2 saturated heterocycles. The maximum atomic E-state index is 11.8. The Morgan fingerprint density at radius 2 is 2.00 bits per heavy atom. The Labute approximate surface area is 161 Å². The summed E-state index contributed by atoms with van der Waals surface area (Å²) in [5.74, 6) is 4.46. The van der Waals surface area contributed by atoms with Crippen LogP contribution in [0.2, 0.25) is 0 Å². The molecule has 0 aliphatic carbocycles. The van der Waals surface area contributed by atoms with E-state index in [4.69, 9.17) is 4.99 Å². The molecule has 2 fully saturated rings. The van der Waals surface area contributed by atoms with Crippen LogP contribution in [0, 0.1) is 5.92 Å². The summed E-state index contributed by atoms with van der Waals surface area (Å²) in [5.41, 5.74) is 0. The average molecular weight is 454 g/mol. The summed E-state index contributed by atoms with van der Waals surface area (Å²) >= 11 is 2.06. The third kappa shape index (κ3) is 7.07. The number of amides is 1. The number of hydrogen-bond donors (Lipinski definition) is 2. The maximum Gasteiger partial charge on any atom is 0.222 e. The molecule has 7 heteroatoms. The van der Waals surface area contributed by atoms with Gasteiger partial charge in [0.25, 0.3) is 0 Å². The van der Waals surface area contributed by atoms with Crippen LogP contribution >= 0.6 is 35.7 Å². The van der Waals surface area contributed by atoms with Crippen LogP contribution in [0.25, 0.3) is 0 Å². The van der Waals surface area contributed by atoms with Gasteiger partial charge in [0.05, 0.1) is 0 Å². The Kier molecular flexibility index (Phi) is 10.3.